The molecule has 0 radical (unpaired) electrons. The zero-order chi connectivity index (χ0) is 21.3. The number of nitrogens with one attached hydrogen (secondary N) is 1. The molecule has 3 aromatic rings. The van der Waals surface area contributed by atoms with E-state index in [2.05, 4.69) is 18.0 Å². The Morgan fingerprint density at radius 1 is 1.13 bits per heavy atom. The highest BCUT2D eigenvalue weighted by Crippen LogP contribution is 2.52. The van der Waals surface area contributed by atoms with E-state index in [0.29, 0.717) is 5.56 Å². The van der Waals surface area contributed by atoms with Gasteiger partial charge in [-0.3, -0.25) is 14.9 Å². The number of H-pyrrole nitrogens is 1. The van der Waals surface area contributed by atoms with Crippen molar-refractivity contribution in [3.63, 3.8) is 0 Å². The molecule has 1 N–H and O–H groups in total. The highest BCUT2D eigenvalue weighted by Gasteiger charge is 2.42. The molecule has 0 saturated heterocycles. The molecule has 0 aliphatic heterocycles. The lowest BCUT2D eigenvalue weighted by atomic mass is 9.90. The van der Waals surface area contributed by atoms with Gasteiger partial charge in [0.25, 0.3) is 11.2 Å². The molecule has 1 aromatic heterocycles. The summed E-state index contributed by atoms with van der Waals surface area (Å²) in [7, 11) is 1.66. The smallest absolute Gasteiger partial charge is 0.269 e. The van der Waals surface area contributed by atoms with Crippen LogP contribution in [0.25, 0.3) is 23.3 Å². The second-order valence-electron chi connectivity index (χ2n) is 7.80. The van der Waals surface area contributed by atoms with Gasteiger partial charge in [-0.2, -0.15) is 0 Å². The summed E-state index contributed by atoms with van der Waals surface area (Å²) in [4.78, 5) is 25.5. The summed E-state index contributed by atoms with van der Waals surface area (Å²) in [6, 6.07) is 14.0. The minimum Gasteiger partial charge on any atom is -0.496 e. The van der Waals surface area contributed by atoms with Crippen LogP contribution >= 0.6 is 0 Å². The quantitative estimate of drug-likeness (QED) is 0.350. The number of nitro groups is 1. The maximum atomic E-state index is 12.4. The van der Waals surface area contributed by atoms with Gasteiger partial charge in [0.15, 0.2) is 0 Å². The van der Waals surface area contributed by atoms with Crippen LogP contribution in [0, 0.1) is 10.1 Å². The Balaban J connectivity index is 1.81. The van der Waals surface area contributed by atoms with Crippen molar-refractivity contribution in [3.8, 4) is 16.9 Å². The summed E-state index contributed by atoms with van der Waals surface area (Å²) in [6.07, 6.45) is 7.58. The molecule has 1 heterocycles. The number of hydrogen-bond donors (Lipinski definition) is 1. The Hall–Kier alpha value is -3.67. The molecule has 4 rings (SSSR count). The van der Waals surface area contributed by atoms with E-state index in [1.54, 1.807) is 25.4 Å². The van der Waals surface area contributed by atoms with Crippen molar-refractivity contribution in [2.45, 2.75) is 25.2 Å². The summed E-state index contributed by atoms with van der Waals surface area (Å²) < 4.78 is 5.78. The highest BCUT2D eigenvalue weighted by atomic mass is 16.6. The predicted octanol–water partition coefficient (Wildman–Crippen LogP) is 5.18. The number of benzene rings is 2. The van der Waals surface area contributed by atoms with Crippen molar-refractivity contribution in [2.24, 2.45) is 0 Å². The minimum atomic E-state index is -0.417. The molecule has 152 valence electrons. The van der Waals surface area contributed by atoms with Gasteiger partial charge in [0.05, 0.1) is 12.0 Å². The van der Waals surface area contributed by atoms with Crippen LogP contribution in [0.2, 0.25) is 0 Å². The van der Waals surface area contributed by atoms with Crippen molar-refractivity contribution in [2.75, 3.05) is 7.11 Å². The number of hydrogen-bond acceptors (Lipinski definition) is 4. The molecule has 1 aliphatic carbocycles. The first-order valence-corrected chi connectivity index (χ1v) is 9.74. The third-order valence-electron chi connectivity index (χ3n) is 5.66. The Morgan fingerprint density at radius 2 is 1.87 bits per heavy atom. The molecule has 1 aliphatic rings. The maximum Gasteiger partial charge on any atom is 0.269 e. The number of rotatable bonds is 6. The largest absolute Gasteiger partial charge is 0.496 e. The first-order valence-electron chi connectivity index (χ1n) is 9.74. The summed E-state index contributed by atoms with van der Waals surface area (Å²) in [5, 5.41) is 10.9. The van der Waals surface area contributed by atoms with E-state index in [-0.39, 0.29) is 16.7 Å². The Morgan fingerprint density at radius 3 is 2.47 bits per heavy atom. The molecule has 2 aromatic carbocycles. The number of ether oxygens (including phenoxy) is 1. The Labute approximate surface area is 174 Å². The van der Waals surface area contributed by atoms with Crippen LogP contribution in [-0.2, 0) is 5.41 Å². The lowest BCUT2D eigenvalue weighted by molar-refractivity contribution is -0.384. The zero-order valence-corrected chi connectivity index (χ0v) is 16.8. The van der Waals surface area contributed by atoms with Crippen molar-refractivity contribution in [1.29, 1.82) is 0 Å². The van der Waals surface area contributed by atoms with Gasteiger partial charge in [0.2, 0.25) is 0 Å². The van der Waals surface area contributed by atoms with Crippen LogP contribution in [0.1, 0.15) is 36.5 Å². The van der Waals surface area contributed by atoms with Gasteiger partial charge in [-0.15, -0.1) is 0 Å². The van der Waals surface area contributed by atoms with Gasteiger partial charge in [-0.05, 0) is 65.8 Å². The molecule has 0 atom stereocenters. The van der Waals surface area contributed by atoms with Crippen molar-refractivity contribution in [1.82, 2.24) is 4.98 Å². The topological polar surface area (TPSA) is 85.2 Å². The van der Waals surface area contributed by atoms with Crippen LogP contribution in [0.5, 0.6) is 5.75 Å². The first-order chi connectivity index (χ1) is 14.4. The summed E-state index contributed by atoms with van der Waals surface area (Å²) in [5.41, 5.74) is 4.19. The maximum absolute atomic E-state index is 12.4. The SMILES string of the molecule is COc1c(/C=C/c2ccc([N+](=O)[O-])cc2)cc(-c2ccc[nH]c2=O)cc1C1(C)CC1. The monoisotopic (exact) mass is 402 g/mol. The summed E-state index contributed by atoms with van der Waals surface area (Å²) in [6.45, 7) is 2.20. The molecule has 0 bridgehead atoms. The van der Waals surface area contributed by atoms with E-state index < -0.39 is 4.92 Å². The standard InChI is InChI=1S/C24H22N2O4/c1-24(11-12-24)21-15-18(20-4-3-13-25-23(20)27)14-17(22(21)30-2)8-5-16-6-9-19(10-7-16)26(28)29/h3-10,13-15H,11-12H2,1-2H3,(H,25,27)/b8-5+. The van der Waals surface area contributed by atoms with Gasteiger partial charge in [0.1, 0.15) is 5.75 Å². The van der Waals surface area contributed by atoms with Gasteiger partial charge >= 0.3 is 0 Å². The molecule has 1 fully saturated rings. The van der Waals surface area contributed by atoms with Crippen LogP contribution in [0.3, 0.4) is 0 Å². The number of nitrogens with zero attached hydrogens (tertiary/aromatic N) is 1. The van der Waals surface area contributed by atoms with Crippen molar-refractivity contribution < 1.29 is 9.66 Å². The molecule has 0 unspecified atom stereocenters. The number of nitro benzene ring substituents is 1. The number of non-ortho nitro benzene ring substituents is 1. The molecule has 6 heteroatoms. The average Bonchev–Trinajstić information content (AvgIpc) is 3.50. The lowest BCUT2D eigenvalue weighted by Gasteiger charge is -2.18. The normalized spacial score (nSPS) is 14.6. The molecular formula is C24H22N2O4. The fourth-order valence-electron chi connectivity index (χ4n) is 3.61. The molecule has 6 nitrogen and oxygen atoms in total. The first kappa shape index (κ1) is 19.6. The van der Waals surface area contributed by atoms with Crippen molar-refractivity contribution in [3.05, 3.63) is 91.9 Å². The third-order valence-corrected chi connectivity index (χ3v) is 5.66. The van der Waals surface area contributed by atoms with E-state index in [1.165, 1.54) is 12.1 Å². The highest BCUT2D eigenvalue weighted by molar-refractivity contribution is 5.79. The van der Waals surface area contributed by atoms with E-state index in [4.69, 9.17) is 4.74 Å². The molecule has 0 spiro atoms. The second-order valence-corrected chi connectivity index (χ2v) is 7.80. The van der Waals surface area contributed by atoms with E-state index in [9.17, 15) is 14.9 Å². The van der Waals surface area contributed by atoms with Gasteiger partial charge in [0, 0.05) is 35.0 Å². The number of methoxy groups -OCH3 is 1. The van der Waals surface area contributed by atoms with E-state index in [0.717, 1.165) is 40.8 Å². The third kappa shape index (κ3) is 3.76. The fraction of sp³-hybridized carbons (Fsp3) is 0.208. The molecule has 30 heavy (non-hydrogen) atoms. The van der Waals surface area contributed by atoms with Crippen LogP contribution < -0.4 is 10.3 Å². The average molecular weight is 402 g/mol. The van der Waals surface area contributed by atoms with Gasteiger partial charge in [-0.25, -0.2) is 0 Å². The number of aromatic nitrogens is 1. The van der Waals surface area contributed by atoms with Crippen LogP contribution in [-0.4, -0.2) is 17.0 Å². The van der Waals surface area contributed by atoms with Crippen molar-refractivity contribution >= 4 is 17.8 Å². The van der Waals surface area contributed by atoms with E-state index in [1.807, 2.05) is 30.4 Å². The Bertz CT molecular complexity index is 1190. The predicted molar refractivity (Wildman–Crippen MR) is 118 cm³/mol. The lowest BCUT2D eigenvalue weighted by Crippen LogP contribution is -2.09. The summed E-state index contributed by atoms with van der Waals surface area (Å²) in [5.74, 6) is 0.796. The van der Waals surface area contributed by atoms with Crippen LogP contribution in [0.4, 0.5) is 5.69 Å². The van der Waals surface area contributed by atoms with E-state index >= 15 is 0 Å². The van der Waals surface area contributed by atoms with Gasteiger partial charge in [-0.1, -0.05) is 19.1 Å². The summed E-state index contributed by atoms with van der Waals surface area (Å²) >= 11 is 0. The molecular weight excluding hydrogens is 380 g/mol. The zero-order valence-electron chi connectivity index (χ0n) is 16.8. The second kappa shape index (κ2) is 7.63. The fourth-order valence-corrected chi connectivity index (χ4v) is 3.61. The van der Waals surface area contributed by atoms with Gasteiger partial charge < -0.3 is 9.72 Å². The Kier molecular flexibility index (Phi) is 4.99. The molecule has 0 amide bonds. The number of aromatic amines is 1. The minimum absolute atomic E-state index is 0.0405. The van der Waals surface area contributed by atoms with Crippen LogP contribution in [0.15, 0.2) is 59.5 Å². The number of pyridine rings is 1. The molecule has 1 saturated carbocycles.